The molecule has 0 spiro atoms. The van der Waals surface area contributed by atoms with Gasteiger partial charge in [0.15, 0.2) is 11.5 Å². The van der Waals surface area contributed by atoms with E-state index in [0.29, 0.717) is 10.9 Å². The van der Waals surface area contributed by atoms with E-state index in [1.165, 1.54) is 6.07 Å². The number of hydrogen-bond donors (Lipinski definition) is 2. The van der Waals surface area contributed by atoms with Crippen molar-refractivity contribution in [2.24, 2.45) is 0 Å². The molecular weight excluding hydrogens is 220 g/mol. The molecule has 0 aliphatic carbocycles. The number of benzene rings is 1. The summed E-state index contributed by atoms with van der Waals surface area (Å²) in [4.78, 5) is 0. The Balaban J connectivity index is 3.16. The van der Waals surface area contributed by atoms with Crippen LogP contribution in [0.2, 0.25) is 0 Å². The number of para-hydroxylation sites is 1. The average Bonchev–Trinajstić information content (AvgIpc) is 2.08. The molecule has 0 aliphatic rings. The first kappa shape index (κ1) is 9.13. The van der Waals surface area contributed by atoms with Gasteiger partial charge in [-0.25, -0.2) is 0 Å². The van der Waals surface area contributed by atoms with Gasteiger partial charge in [-0.1, -0.05) is 34.6 Å². The molecule has 2 N–H and O–H groups in total. The van der Waals surface area contributed by atoms with Gasteiger partial charge < -0.3 is 10.2 Å². The van der Waals surface area contributed by atoms with Crippen LogP contribution in [0.25, 0.3) is 5.57 Å². The molecule has 0 saturated heterocycles. The molecule has 0 fully saturated rings. The summed E-state index contributed by atoms with van der Waals surface area (Å²) in [7, 11) is 0. The molecule has 0 saturated carbocycles. The fraction of sp³-hybridized carbons (Fsp3) is 0.111. The number of aromatic hydroxyl groups is 2. The highest BCUT2D eigenvalue weighted by molar-refractivity contribution is 9.09. The summed E-state index contributed by atoms with van der Waals surface area (Å²) in [5, 5.41) is 19.1. The molecule has 1 aromatic carbocycles. The zero-order valence-electron chi connectivity index (χ0n) is 6.42. The Morgan fingerprint density at radius 2 is 2.08 bits per heavy atom. The van der Waals surface area contributed by atoms with Crippen LogP contribution in [0.4, 0.5) is 0 Å². The first-order valence-corrected chi connectivity index (χ1v) is 4.54. The summed E-state index contributed by atoms with van der Waals surface area (Å²) in [6, 6.07) is 4.80. The van der Waals surface area contributed by atoms with Gasteiger partial charge in [0, 0.05) is 10.9 Å². The highest BCUT2D eigenvalue weighted by atomic mass is 79.9. The van der Waals surface area contributed by atoms with Gasteiger partial charge in [0.05, 0.1) is 0 Å². The van der Waals surface area contributed by atoms with Crippen molar-refractivity contribution in [2.45, 2.75) is 0 Å². The highest BCUT2D eigenvalue weighted by Crippen LogP contribution is 2.32. The number of alkyl halides is 1. The lowest BCUT2D eigenvalue weighted by molar-refractivity contribution is 0.402. The second-order valence-electron chi connectivity index (χ2n) is 2.41. The Morgan fingerprint density at radius 1 is 1.42 bits per heavy atom. The van der Waals surface area contributed by atoms with E-state index in [1.807, 2.05) is 0 Å². The van der Waals surface area contributed by atoms with Crippen molar-refractivity contribution in [2.75, 3.05) is 5.33 Å². The molecule has 0 amide bonds. The Hall–Kier alpha value is -0.960. The largest absolute Gasteiger partial charge is 0.504 e. The van der Waals surface area contributed by atoms with Crippen molar-refractivity contribution in [1.29, 1.82) is 0 Å². The van der Waals surface area contributed by atoms with E-state index in [4.69, 9.17) is 5.11 Å². The third-order valence-electron chi connectivity index (χ3n) is 1.56. The van der Waals surface area contributed by atoms with Crippen LogP contribution < -0.4 is 0 Å². The average molecular weight is 229 g/mol. The van der Waals surface area contributed by atoms with E-state index in [-0.39, 0.29) is 11.5 Å². The predicted molar refractivity (Wildman–Crippen MR) is 52.6 cm³/mol. The minimum atomic E-state index is -0.116. The van der Waals surface area contributed by atoms with Gasteiger partial charge >= 0.3 is 0 Å². The van der Waals surface area contributed by atoms with E-state index >= 15 is 0 Å². The maximum Gasteiger partial charge on any atom is 0.165 e. The number of halogens is 1. The number of phenolic OH excluding ortho intramolecular Hbond substituents is 2. The molecule has 2 nitrogen and oxygen atoms in total. The van der Waals surface area contributed by atoms with Gasteiger partial charge in [-0.05, 0) is 11.6 Å². The van der Waals surface area contributed by atoms with Crippen molar-refractivity contribution < 1.29 is 10.2 Å². The van der Waals surface area contributed by atoms with Gasteiger partial charge in [0.2, 0.25) is 0 Å². The van der Waals surface area contributed by atoms with Crippen LogP contribution in [-0.2, 0) is 0 Å². The second kappa shape index (κ2) is 3.63. The first-order chi connectivity index (χ1) is 5.66. The van der Waals surface area contributed by atoms with Crippen LogP contribution in [0.5, 0.6) is 11.5 Å². The molecule has 0 aromatic heterocycles. The number of hydrogen-bond acceptors (Lipinski definition) is 2. The van der Waals surface area contributed by atoms with Crippen molar-refractivity contribution in [1.82, 2.24) is 0 Å². The first-order valence-electron chi connectivity index (χ1n) is 3.42. The van der Waals surface area contributed by atoms with E-state index in [1.54, 1.807) is 12.1 Å². The summed E-state index contributed by atoms with van der Waals surface area (Å²) < 4.78 is 0. The second-order valence-corrected chi connectivity index (χ2v) is 2.97. The van der Waals surface area contributed by atoms with Crippen LogP contribution in [-0.4, -0.2) is 15.5 Å². The zero-order chi connectivity index (χ0) is 9.14. The molecule has 0 radical (unpaired) electrons. The standard InChI is InChI=1S/C9H9BrO2/c1-6(5-10)7-3-2-4-8(11)9(7)12/h2-4,11-12H,1,5H2. The normalized spacial score (nSPS) is 9.75. The van der Waals surface area contributed by atoms with Crippen LogP contribution in [0.1, 0.15) is 5.56 Å². The third-order valence-corrected chi connectivity index (χ3v) is 2.23. The van der Waals surface area contributed by atoms with Crippen molar-refractivity contribution in [3.8, 4) is 11.5 Å². The van der Waals surface area contributed by atoms with Gasteiger partial charge in [-0.3, -0.25) is 0 Å². The summed E-state index contributed by atoms with van der Waals surface area (Å²) in [5.41, 5.74) is 1.32. The summed E-state index contributed by atoms with van der Waals surface area (Å²) in [5.74, 6) is -0.225. The van der Waals surface area contributed by atoms with Crippen LogP contribution in [0.3, 0.4) is 0 Å². The molecule has 0 atom stereocenters. The fourth-order valence-corrected chi connectivity index (χ4v) is 1.19. The summed E-state index contributed by atoms with van der Waals surface area (Å²) in [6.07, 6.45) is 0. The van der Waals surface area contributed by atoms with Crippen molar-refractivity contribution in [3.63, 3.8) is 0 Å². The lowest BCUT2D eigenvalue weighted by Gasteiger charge is -2.05. The molecule has 1 rings (SSSR count). The minimum Gasteiger partial charge on any atom is -0.504 e. The maximum atomic E-state index is 9.37. The van der Waals surface area contributed by atoms with Crippen LogP contribution in [0.15, 0.2) is 24.8 Å². The Morgan fingerprint density at radius 3 is 2.67 bits per heavy atom. The minimum absolute atomic E-state index is 0.109. The van der Waals surface area contributed by atoms with Crippen molar-refractivity contribution >= 4 is 21.5 Å². The Bertz CT molecular complexity index is 307. The van der Waals surface area contributed by atoms with Gasteiger partial charge in [0.1, 0.15) is 0 Å². The van der Waals surface area contributed by atoms with Gasteiger partial charge in [-0.2, -0.15) is 0 Å². The molecule has 0 aliphatic heterocycles. The molecule has 0 bridgehead atoms. The molecule has 1 aromatic rings. The highest BCUT2D eigenvalue weighted by Gasteiger charge is 2.06. The third kappa shape index (κ3) is 1.61. The number of phenols is 2. The molecule has 3 heteroatoms. The Labute approximate surface area is 79.3 Å². The number of allylic oxidation sites excluding steroid dienone is 1. The zero-order valence-corrected chi connectivity index (χ0v) is 8.00. The maximum absolute atomic E-state index is 9.37. The smallest absolute Gasteiger partial charge is 0.165 e. The summed E-state index contributed by atoms with van der Waals surface area (Å²) in [6.45, 7) is 3.73. The lowest BCUT2D eigenvalue weighted by Crippen LogP contribution is -1.84. The summed E-state index contributed by atoms with van der Waals surface area (Å²) >= 11 is 3.22. The van der Waals surface area contributed by atoms with Crippen molar-refractivity contribution in [3.05, 3.63) is 30.3 Å². The SMILES string of the molecule is C=C(CBr)c1cccc(O)c1O. The topological polar surface area (TPSA) is 40.5 Å². The molecule has 64 valence electrons. The fourth-order valence-electron chi connectivity index (χ4n) is 0.889. The predicted octanol–water partition coefficient (Wildman–Crippen LogP) is 2.51. The Kier molecular flexibility index (Phi) is 2.76. The molecule has 0 unspecified atom stereocenters. The van der Waals surface area contributed by atoms with E-state index in [0.717, 1.165) is 5.57 Å². The van der Waals surface area contributed by atoms with E-state index in [9.17, 15) is 5.11 Å². The van der Waals surface area contributed by atoms with Gasteiger partial charge in [0.25, 0.3) is 0 Å². The van der Waals surface area contributed by atoms with Crippen LogP contribution >= 0.6 is 15.9 Å². The molecule has 12 heavy (non-hydrogen) atoms. The number of rotatable bonds is 2. The monoisotopic (exact) mass is 228 g/mol. The van der Waals surface area contributed by atoms with E-state index < -0.39 is 0 Å². The molecular formula is C9H9BrO2. The quantitative estimate of drug-likeness (QED) is 0.604. The van der Waals surface area contributed by atoms with Gasteiger partial charge in [-0.15, -0.1) is 0 Å². The lowest BCUT2D eigenvalue weighted by atomic mass is 10.1. The van der Waals surface area contributed by atoms with Crippen LogP contribution in [0, 0.1) is 0 Å². The van der Waals surface area contributed by atoms with E-state index in [2.05, 4.69) is 22.5 Å². The molecule has 0 heterocycles.